The van der Waals surface area contributed by atoms with Gasteiger partial charge in [-0.3, -0.25) is 14.6 Å². The highest BCUT2D eigenvalue weighted by Gasteiger charge is 2.34. The third-order valence-corrected chi connectivity index (χ3v) is 8.35. The average molecular weight is 562 g/mol. The van der Waals surface area contributed by atoms with Crippen LogP contribution in [0.1, 0.15) is 28.9 Å². The van der Waals surface area contributed by atoms with Gasteiger partial charge in [0.05, 0.1) is 17.2 Å². The Morgan fingerprint density at radius 3 is 2.62 bits per heavy atom. The number of para-hydroxylation sites is 1. The number of aliphatic hydroxyl groups is 1. The SMILES string of the molecule is CN1C(=O)[C@@H](NC(=O)c2cc(Oc3ccccc3)ccn2)COc2ccc(C#CC3(O)CCS(=O)(=O)CC3)cc21. The number of sulfone groups is 1. The van der Waals surface area contributed by atoms with Crippen LogP contribution >= 0.6 is 0 Å². The number of carbonyl (C=O) groups excluding carboxylic acids is 2. The zero-order valence-corrected chi connectivity index (χ0v) is 22.5. The maximum atomic E-state index is 13.3. The highest BCUT2D eigenvalue weighted by atomic mass is 32.2. The van der Waals surface area contributed by atoms with Crippen LogP contribution < -0.4 is 19.7 Å². The second kappa shape index (κ2) is 11.0. The summed E-state index contributed by atoms with van der Waals surface area (Å²) >= 11 is 0. The van der Waals surface area contributed by atoms with Gasteiger partial charge in [0.15, 0.2) is 9.84 Å². The minimum absolute atomic E-state index is 0.0479. The molecule has 5 rings (SSSR count). The van der Waals surface area contributed by atoms with Crippen molar-refractivity contribution in [3.63, 3.8) is 0 Å². The van der Waals surface area contributed by atoms with Crippen molar-refractivity contribution in [3.8, 4) is 29.1 Å². The summed E-state index contributed by atoms with van der Waals surface area (Å²) in [5, 5.41) is 13.4. The summed E-state index contributed by atoms with van der Waals surface area (Å²) in [5.41, 5.74) is -0.339. The zero-order chi connectivity index (χ0) is 28.3. The van der Waals surface area contributed by atoms with E-state index < -0.39 is 33.3 Å². The van der Waals surface area contributed by atoms with Gasteiger partial charge in [-0.1, -0.05) is 30.0 Å². The molecular formula is C29H27N3O7S. The van der Waals surface area contributed by atoms with E-state index in [9.17, 15) is 23.1 Å². The molecule has 2 N–H and O–H groups in total. The van der Waals surface area contributed by atoms with Gasteiger partial charge in [0.25, 0.3) is 11.8 Å². The first kappa shape index (κ1) is 27.2. The average Bonchev–Trinajstić information content (AvgIpc) is 3.06. The van der Waals surface area contributed by atoms with Crippen LogP contribution in [0.25, 0.3) is 0 Å². The zero-order valence-electron chi connectivity index (χ0n) is 21.7. The van der Waals surface area contributed by atoms with E-state index in [-0.39, 0.29) is 36.6 Å². The van der Waals surface area contributed by atoms with E-state index in [0.29, 0.717) is 28.5 Å². The molecule has 0 unspecified atom stereocenters. The quantitative estimate of drug-likeness (QED) is 0.464. The third kappa shape index (κ3) is 6.25. The number of benzene rings is 2. The van der Waals surface area contributed by atoms with Crippen LogP contribution in [0, 0.1) is 11.8 Å². The summed E-state index contributed by atoms with van der Waals surface area (Å²) in [4.78, 5) is 31.7. The van der Waals surface area contributed by atoms with Crippen molar-refractivity contribution in [2.75, 3.05) is 30.1 Å². The van der Waals surface area contributed by atoms with Crippen molar-refractivity contribution in [1.82, 2.24) is 10.3 Å². The topological polar surface area (TPSA) is 135 Å². The van der Waals surface area contributed by atoms with Gasteiger partial charge in [-0.2, -0.15) is 0 Å². The van der Waals surface area contributed by atoms with E-state index in [1.165, 1.54) is 17.2 Å². The summed E-state index contributed by atoms with van der Waals surface area (Å²) in [6, 6.07) is 16.2. The number of carbonyl (C=O) groups is 2. The molecule has 3 heterocycles. The Morgan fingerprint density at radius 1 is 1.12 bits per heavy atom. The Morgan fingerprint density at radius 2 is 1.88 bits per heavy atom. The number of fused-ring (bicyclic) bond motifs is 1. The number of anilines is 1. The molecule has 1 atom stereocenters. The maximum Gasteiger partial charge on any atom is 0.270 e. The lowest BCUT2D eigenvalue weighted by molar-refractivity contribution is -0.120. The number of hydrogen-bond acceptors (Lipinski definition) is 8. The van der Waals surface area contributed by atoms with Gasteiger partial charge in [-0.15, -0.1) is 0 Å². The van der Waals surface area contributed by atoms with Crippen LogP contribution in [0.2, 0.25) is 0 Å². The summed E-state index contributed by atoms with van der Waals surface area (Å²) in [6.45, 7) is -0.0959. The molecule has 3 aromatic rings. The lowest BCUT2D eigenvalue weighted by Crippen LogP contribution is -2.49. The molecule has 0 radical (unpaired) electrons. The first-order chi connectivity index (χ1) is 19.1. The molecule has 0 saturated carbocycles. The predicted octanol–water partition coefficient (Wildman–Crippen LogP) is 2.32. The molecule has 1 aromatic heterocycles. The van der Waals surface area contributed by atoms with Gasteiger partial charge in [-0.25, -0.2) is 8.42 Å². The number of likely N-dealkylation sites (N-methyl/N-ethyl adjacent to an activating group) is 1. The molecule has 206 valence electrons. The van der Waals surface area contributed by atoms with Gasteiger partial charge in [0.2, 0.25) is 0 Å². The Bertz CT molecular complexity index is 1600. The number of nitrogens with zero attached hydrogens (tertiary/aromatic N) is 2. The molecule has 11 heteroatoms. The summed E-state index contributed by atoms with van der Waals surface area (Å²) in [6.07, 6.45) is 1.55. The van der Waals surface area contributed by atoms with Gasteiger partial charge >= 0.3 is 0 Å². The van der Waals surface area contributed by atoms with Crippen LogP contribution in [0.3, 0.4) is 0 Å². The predicted molar refractivity (Wildman–Crippen MR) is 147 cm³/mol. The summed E-state index contributed by atoms with van der Waals surface area (Å²) < 4.78 is 35.0. The fourth-order valence-corrected chi connectivity index (χ4v) is 5.83. The molecular weight excluding hydrogens is 534 g/mol. The number of amides is 2. The van der Waals surface area contributed by atoms with E-state index in [1.54, 1.807) is 43.4 Å². The lowest BCUT2D eigenvalue weighted by Gasteiger charge is -2.26. The van der Waals surface area contributed by atoms with Crippen LogP contribution in [0.15, 0.2) is 66.9 Å². The smallest absolute Gasteiger partial charge is 0.270 e. The van der Waals surface area contributed by atoms with Crippen molar-refractivity contribution in [3.05, 3.63) is 78.1 Å². The van der Waals surface area contributed by atoms with Crippen LogP contribution in [0.4, 0.5) is 5.69 Å². The standard InChI is InChI=1S/C29H27N3O7S/c1-32-25-17-20(9-11-29(35)12-15-40(36,37)16-13-29)7-8-26(25)38-19-24(28(32)34)31-27(33)23-18-22(10-14-30-23)39-21-5-3-2-4-6-21/h2-8,10,14,17-18,24,35H,12-13,15-16,19H2,1H3,(H,31,33)/t24-/m0/s1. The number of nitrogens with one attached hydrogen (secondary N) is 1. The Hall–Kier alpha value is -4.40. The first-order valence-corrected chi connectivity index (χ1v) is 14.4. The Labute approximate surface area is 231 Å². The van der Waals surface area contributed by atoms with Gasteiger partial charge in [0.1, 0.15) is 41.2 Å². The Balaban J connectivity index is 1.28. The second-order valence-electron chi connectivity index (χ2n) is 9.64. The van der Waals surface area contributed by atoms with Gasteiger partial charge in [0, 0.05) is 37.7 Å². The van der Waals surface area contributed by atoms with E-state index >= 15 is 0 Å². The summed E-state index contributed by atoms with van der Waals surface area (Å²) in [7, 11) is -1.57. The molecule has 2 aromatic carbocycles. The van der Waals surface area contributed by atoms with Crippen LogP contribution in [0.5, 0.6) is 17.2 Å². The van der Waals surface area contributed by atoms with Crippen molar-refractivity contribution in [1.29, 1.82) is 0 Å². The van der Waals surface area contributed by atoms with Crippen molar-refractivity contribution >= 4 is 27.3 Å². The van der Waals surface area contributed by atoms with Gasteiger partial charge in [-0.05, 0) is 36.4 Å². The minimum atomic E-state index is -3.14. The van der Waals surface area contributed by atoms with Crippen molar-refractivity contribution in [2.24, 2.45) is 0 Å². The third-order valence-electron chi connectivity index (χ3n) is 6.70. The monoisotopic (exact) mass is 561 g/mol. The van der Waals surface area contributed by atoms with E-state index in [1.807, 2.05) is 18.2 Å². The molecule has 0 spiro atoms. The number of rotatable bonds is 4. The highest BCUT2D eigenvalue weighted by molar-refractivity contribution is 7.91. The molecule has 2 aliphatic rings. The molecule has 10 nitrogen and oxygen atoms in total. The second-order valence-corrected chi connectivity index (χ2v) is 11.9. The number of aromatic nitrogens is 1. The fraction of sp³-hybridized carbons (Fsp3) is 0.276. The Kier molecular flexibility index (Phi) is 7.47. The van der Waals surface area contributed by atoms with Gasteiger partial charge < -0.3 is 24.8 Å². The fourth-order valence-electron chi connectivity index (χ4n) is 4.32. The molecule has 2 aliphatic heterocycles. The molecule has 0 bridgehead atoms. The van der Waals surface area contributed by atoms with E-state index in [0.717, 1.165) is 0 Å². The molecule has 0 aliphatic carbocycles. The summed E-state index contributed by atoms with van der Waals surface area (Å²) in [5.74, 6) is 5.97. The molecule has 40 heavy (non-hydrogen) atoms. The molecule has 1 fully saturated rings. The highest BCUT2D eigenvalue weighted by Crippen LogP contribution is 2.32. The van der Waals surface area contributed by atoms with Crippen molar-refractivity contribution in [2.45, 2.75) is 24.5 Å². The molecule has 1 saturated heterocycles. The van der Waals surface area contributed by atoms with E-state index in [2.05, 4.69) is 22.1 Å². The normalized spacial score (nSPS) is 19.2. The van der Waals surface area contributed by atoms with Crippen LogP contribution in [-0.4, -0.2) is 67.1 Å². The number of pyridine rings is 1. The van der Waals surface area contributed by atoms with E-state index in [4.69, 9.17) is 9.47 Å². The first-order valence-electron chi connectivity index (χ1n) is 12.6. The largest absolute Gasteiger partial charge is 0.489 e. The molecule has 2 amide bonds. The minimum Gasteiger partial charge on any atom is -0.489 e. The van der Waals surface area contributed by atoms with Crippen molar-refractivity contribution < 1.29 is 32.6 Å². The number of ether oxygens (including phenoxy) is 2. The lowest BCUT2D eigenvalue weighted by atomic mass is 9.97. The maximum absolute atomic E-state index is 13.3. The number of hydrogen-bond donors (Lipinski definition) is 2. The van der Waals surface area contributed by atoms with Crippen LogP contribution in [-0.2, 0) is 14.6 Å².